The number of nitrogen functional groups attached to an aromatic ring is 1. The van der Waals surface area contributed by atoms with E-state index in [0.29, 0.717) is 31.7 Å². The Morgan fingerprint density at radius 1 is 1.24 bits per heavy atom. The number of aromatic nitrogens is 5. The topological polar surface area (TPSA) is 115 Å². The molecule has 0 amide bonds. The van der Waals surface area contributed by atoms with E-state index in [1.165, 1.54) is 0 Å². The number of hydrogen-bond donors (Lipinski definition) is 2. The Labute approximate surface area is 121 Å². The number of rotatable bonds is 4. The largest absolute Gasteiger partial charge is 0.378 e. The molecule has 0 aromatic carbocycles. The molecule has 2 aromatic rings. The van der Waals surface area contributed by atoms with E-state index in [2.05, 4.69) is 30.5 Å². The fourth-order valence-corrected chi connectivity index (χ4v) is 1.96. The minimum absolute atomic E-state index is 0.188. The fourth-order valence-electron chi connectivity index (χ4n) is 1.96. The summed E-state index contributed by atoms with van der Waals surface area (Å²) in [6.45, 7) is 3.28. The zero-order valence-electron chi connectivity index (χ0n) is 11.4. The van der Waals surface area contributed by atoms with Crippen LogP contribution in [0.4, 0.5) is 17.8 Å². The van der Waals surface area contributed by atoms with Crippen LogP contribution in [0.5, 0.6) is 0 Å². The number of morpholine rings is 1. The molecule has 3 heterocycles. The number of nitrogens with one attached hydrogen (secondary N) is 1. The molecule has 0 unspecified atom stereocenters. The maximum atomic E-state index is 5.75. The molecule has 1 fully saturated rings. The van der Waals surface area contributed by atoms with Gasteiger partial charge in [0, 0.05) is 19.3 Å². The van der Waals surface area contributed by atoms with Crippen molar-refractivity contribution in [3.8, 4) is 0 Å². The highest BCUT2D eigenvalue weighted by atomic mass is 16.5. The van der Waals surface area contributed by atoms with Crippen molar-refractivity contribution in [2.75, 3.05) is 42.3 Å². The average molecular weight is 288 g/mol. The van der Waals surface area contributed by atoms with E-state index in [0.717, 1.165) is 18.8 Å². The summed E-state index contributed by atoms with van der Waals surface area (Å²) in [5.74, 6) is 1.18. The highest BCUT2D eigenvalue weighted by Crippen LogP contribution is 2.13. The van der Waals surface area contributed by atoms with Crippen LogP contribution in [0.3, 0.4) is 0 Å². The number of nitrogens with two attached hydrogens (primary N) is 1. The molecule has 0 saturated carbocycles. The van der Waals surface area contributed by atoms with Crippen molar-refractivity contribution in [1.82, 2.24) is 25.1 Å². The van der Waals surface area contributed by atoms with Gasteiger partial charge >= 0.3 is 0 Å². The molecule has 110 valence electrons. The lowest BCUT2D eigenvalue weighted by Gasteiger charge is -2.26. The zero-order chi connectivity index (χ0) is 14.5. The van der Waals surface area contributed by atoms with Crippen molar-refractivity contribution in [3.63, 3.8) is 0 Å². The maximum Gasteiger partial charge on any atom is 0.232 e. The van der Waals surface area contributed by atoms with Crippen LogP contribution in [0.25, 0.3) is 0 Å². The van der Waals surface area contributed by atoms with Gasteiger partial charge in [0.25, 0.3) is 0 Å². The second kappa shape index (κ2) is 6.27. The van der Waals surface area contributed by atoms with E-state index in [9.17, 15) is 0 Å². The Balaban J connectivity index is 1.71. The third kappa shape index (κ3) is 3.51. The van der Waals surface area contributed by atoms with E-state index in [-0.39, 0.29) is 5.95 Å². The van der Waals surface area contributed by atoms with E-state index >= 15 is 0 Å². The molecule has 0 bridgehead atoms. The lowest BCUT2D eigenvalue weighted by molar-refractivity contribution is 0.122. The van der Waals surface area contributed by atoms with Crippen molar-refractivity contribution in [3.05, 3.63) is 24.0 Å². The van der Waals surface area contributed by atoms with Crippen molar-refractivity contribution < 1.29 is 4.74 Å². The molecule has 1 aliphatic heterocycles. The molecule has 1 aliphatic rings. The first kappa shape index (κ1) is 13.4. The van der Waals surface area contributed by atoms with Gasteiger partial charge in [-0.15, -0.1) is 0 Å². The quantitative estimate of drug-likeness (QED) is 0.781. The van der Waals surface area contributed by atoms with Crippen LogP contribution >= 0.6 is 0 Å². The van der Waals surface area contributed by atoms with Crippen LogP contribution < -0.4 is 16.0 Å². The molecule has 2 aromatic heterocycles. The van der Waals surface area contributed by atoms with Crippen molar-refractivity contribution >= 4 is 17.8 Å². The third-order valence-electron chi connectivity index (χ3n) is 2.99. The van der Waals surface area contributed by atoms with Crippen molar-refractivity contribution in [2.24, 2.45) is 0 Å². The molecule has 9 heteroatoms. The molecular weight excluding hydrogens is 272 g/mol. The smallest absolute Gasteiger partial charge is 0.232 e. The van der Waals surface area contributed by atoms with E-state index < -0.39 is 0 Å². The molecule has 21 heavy (non-hydrogen) atoms. The zero-order valence-corrected chi connectivity index (χ0v) is 11.4. The van der Waals surface area contributed by atoms with Crippen LogP contribution in [0.2, 0.25) is 0 Å². The lowest BCUT2D eigenvalue weighted by atomic mass is 10.4. The molecule has 0 spiro atoms. The van der Waals surface area contributed by atoms with E-state index in [1.807, 2.05) is 17.0 Å². The Morgan fingerprint density at radius 3 is 2.86 bits per heavy atom. The van der Waals surface area contributed by atoms with E-state index in [1.54, 1.807) is 6.20 Å². The highest BCUT2D eigenvalue weighted by molar-refractivity contribution is 5.42. The Bertz CT molecular complexity index is 587. The molecule has 3 rings (SSSR count). The number of ether oxygens (including phenoxy) is 1. The summed E-state index contributed by atoms with van der Waals surface area (Å²) in [6.07, 6.45) is 1.63. The van der Waals surface area contributed by atoms with E-state index in [4.69, 9.17) is 10.5 Å². The molecule has 0 aliphatic carbocycles. The second-order valence-corrected chi connectivity index (χ2v) is 4.49. The normalized spacial score (nSPS) is 15.0. The molecule has 1 saturated heterocycles. The van der Waals surface area contributed by atoms with Crippen LogP contribution in [-0.4, -0.2) is 51.5 Å². The standard InChI is InChI=1S/C12H16N8O/c13-10-16-11(14-8-9-2-1-3-15-19-9)18-12(17-10)20-4-6-21-7-5-20/h1-3H,4-8H2,(H3,13,14,16,17,18). The first-order valence-electron chi connectivity index (χ1n) is 6.66. The van der Waals surface area contributed by atoms with Crippen LogP contribution in [0.1, 0.15) is 5.69 Å². The van der Waals surface area contributed by atoms with Gasteiger partial charge in [0.1, 0.15) is 0 Å². The summed E-state index contributed by atoms with van der Waals surface area (Å²) in [5.41, 5.74) is 6.54. The van der Waals surface area contributed by atoms with Crippen LogP contribution in [0.15, 0.2) is 18.3 Å². The fraction of sp³-hybridized carbons (Fsp3) is 0.417. The molecular formula is C12H16N8O. The van der Waals surface area contributed by atoms with Gasteiger partial charge in [-0.3, -0.25) is 0 Å². The van der Waals surface area contributed by atoms with Crippen LogP contribution in [0, 0.1) is 0 Å². The van der Waals surface area contributed by atoms with Gasteiger partial charge in [0.05, 0.1) is 25.5 Å². The molecule has 9 nitrogen and oxygen atoms in total. The van der Waals surface area contributed by atoms with Crippen LogP contribution in [-0.2, 0) is 11.3 Å². The summed E-state index contributed by atoms with van der Waals surface area (Å²) in [4.78, 5) is 14.7. The maximum absolute atomic E-state index is 5.75. The SMILES string of the molecule is Nc1nc(NCc2cccnn2)nc(N2CCOCC2)n1. The monoisotopic (exact) mass is 288 g/mol. The average Bonchev–Trinajstić information content (AvgIpc) is 2.54. The number of anilines is 3. The Hall–Kier alpha value is -2.55. The van der Waals surface area contributed by atoms with Gasteiger partial charge in [0.2, 0.25) is 17.8 Å². The summed E-state index contributed by atoms with van der Waals surface area (Å²) >= 11 is 0. The first-order valence-corrected chi connectivity index (χ1v) is 6.66. The molecule has 0 radical (unpaired) electrons. The van der Waals surface area contributed by atoms with Gasteiger partial charge in [-0.1, -0.05) is 0 Å². The van der Waals surface area contributed by atoms with Crippen molar-refractivity contribution in [1.29, 1.82) is 0 Å². The molecule has 0 atom stereocenters. The van der Waals surface area contributed by atoms with Gasteiger partial charge in [-0.25, -0.2) is 0 Å². The Morgan fingerprint density at radius 2 is 2.10 bits per heavy atom. The highest BCUT2D eigenvalue weighted by Gasteiger charge is 2.15. The number of hydrogen-bond acceptors (Lipinski definition) is 9. The summed E-state index contributed by atoms with van der Waals surface area (Å²) in [5, 5.41) is 10.9. The second-order valence-electron chi connectivity index (χ2n) is 4.49. The summed E-state index contributed by atoms with van der Waals surface area (Å²) in [6, 6.07) is 3.69. The van der Waals surface area contributed by atoms with Gasteiger partial charge in [0.15, 0.2) is 0 Å². The van der Waals surface area contributed by atoms with Gasteiger partial charge in [-0.2, -0.15) is 25.1 Å². The minimum Gasteiger partial charge on any atom is -0.378 e. The first-order chi connectivity index (χ1) is 10.3. The lowest BCUT2D eigenvalue weighted by Crippen LogP contribution is -2.37. The number of nitrogens with zero attached hydrogens (tertiary/aromatic N) is 6. The summed E-state index contributed by atoms with van der Waals surface area (Å²) in [7, 11) is 0. The predicted octanol–water partition coefficient (Wildman–Crippen LogP) is -0.308. The third-order valence-corrected chi connectivity index (χ3v) is 2.99. The predicted molar refractivity (Wildman–Crippen MR) is 76.6 cm³/mol. The molecule has 3 N–H and O–H groups in total. The van der Waals surface area contributed by atoms with Gasteiger partial charge in [-0.05, 0) is 12.1 Å². The van der Waals surface area contributed by atoms with Crippen molar-refractivity contribution in [2.45, 2.75) is 6.54 Å². The van der Waals surface area contributed by atoms with Gasteiger partial charge < -0.3 is 20.7 Å². The summed E-state index contributed by atoms with van der Waals surface area (Å²) < 4.78 is 5.31. The minimum atomic E-state index is 0.188. The Kier molecular flexibility index (Phi) is 4.01.